The van der Waals surface area contributed by atoms with E-state index in [4.69, 9.17) is 4.74 Å². The molecule has 19 heavy (non-hydrogen) atoms. The van der Waals surface area contributed by atoms with Crippen LogP contribution in [0.3, 0.4) is 0 Å². The van der Waals surface area contributed by atoms with Crippen molar-refractivity contribution in [2.45, 2.75) is 32.6 Å². The number of unbranched alkanes of at least 4 members (excludes halogenated alkanes) is 1. The molecule has 0 spiro atoms. The van der Waals surface area contributed by atoms with E-state index in [1.807, 2.05) is 0 Å². The Hall–Kier alpha value is -0.980. The van der Waals surface area contributed by atoms with Crippen LogP contribution >= 0.6 is 0 Å². The van der Waals surface area contributed by atoms with E-state index in [0.717, 1.165) is 52.1 Å². The maximum Gasteiger partial charge on any atom is 0.0594 e. The second-order valence-electron chi connectivity index (χ2n) is 5.23. The van der Waals surface area contributed by atoms with Gasteiger partial charge in [-0.3, -0.25) is 4.90 Å². The lowest BCUT2D eigenvalue weighted by Crippen LogP contribution is -2.36. The molecule has 0 unspecified atom stereocenters. The van der Waals surface area contributed by atoms with Gasteiger partial charge in [0, 0.05) is 45.4 Å². The largest absolute Gasteiger partial charge is 0.383 e. The zero-order chi connectivity index (χ0) is 13.9. The van der Waals surface area contributed by atoms with Crippen molar-refractivity contribution in [3.05, 3.63) is 11.8 Å². The third kappa shape index (κ3) is 7.92. The standard InChI is InChI=1S/C16H28N2O/c1-4-5-6-8-16(15-17(2)3)9-7-10-18-11-13-19-14-12-18/h15H,4-5,7,9-14H2,1-3H3/b16-15+. The summed E-state index contributed by atoms with van der Waals surface area (Å²) in [6, 6.07) is 0. The lowest BCUT2D eigenvalue weighted by atomic mass is 10.1. The Morgan fingerprint density at radius 2 is 2.05 bits per heavy atom. The summed E-state index contributed by atoms with van der Waals surface area (Å²) >= 11 is 0. The second kappa shape index (κ2) is 9.89. The molecule has 1 aliphatic rings. The number of hydrogen-bond acceptors (Lipinski definition) is 3. The van der Waals surface area contributed by atoms with E-state index < -0.39 is 0 Å². The summed E-state index contributed by atoms with van der Waals surface area (Å²) in [7, 11) is 4.12. The van der Waals surface area contributed by atoms with Crippen molar-refractivity contribution < 1.29 is 4.74 Å². The van der Waals surface area contributed by atoms with E-state index in [2.05, 4.69) is 48.9 Å². The van der Waals surface area contributed by atoms with Crippen molar-refractivity contribution in [1.82, 2.24) is 9.80 Å². The van der Waals surface area contributed by atoms with Crippen LogP contribution in [0, 0.1) is 11.8 Å². The maximum atomic E-state index is 5.36. The first-order chi connectivity index (χ1) is 9.22. The molecule has 0 bridgehead atoms. The molecule has 0 amide bonds. The molecule has 3 heteroatoms. The fourth-order valence-electron chi connectivity index (χ4n) is 2.09. The van der Waals surface area contributed by atoms with Gasteiger partial charge in [0.1, 0.15) is 0 Å². The Balaban J connectivity index is 2.34. The van der Waals surface area contributed by atoms with Gasteiger partial charge < -0.3 is 9.64 Å². The summed E-state index contributed by atoms with van der Waals surface area (Å²) in [5.41, 5.74) is 1.26. The van der Waals surface area contributed by atoms with Gasteiger partial charge in [0.15, 0.2) is 0 Å². The molecule has 0 atom stereocenters. The van der Waals surface area contributed by atoms with Crippen molar-refractivity contribution in [3.63, 3.8) is 0 Å². The Morgan fingerprint density at radius 3 is 2.68 bits per heavy atom. The van der Waals surface area contributed by atoms with Crippen LogP contribution in [0.2, 0.25) is 0 Å². The second-order valence-corrected chi connectivity index (χ2v) is 5.23. The van der Waals surface area contributed by atoms with Crippen LogP contribution in [0.25, 0.3) is 0 Å². The summed E-state index contributed by atoms with van der Waals surface area (Å²) in [6.45, 7) is 7.25. The van der Waals surface area contributed by atoms with Crippen LogP contribution in [0.15, 0.2) is 11.8 Å². The summed E-state index contributed by atoms with van der Waals surface area (Å²) < 4.78 is 5.36. The van der Waals surface area contributed by atoms with Crippen molar-refractivity contribution in [1.29, 1.82) is 0 Å². The highest BCUT2D eigenvalue weighted by Crippen LogP contribution is 2.07. The van der Waals surface area contributed by atoms with Gasteiger partial charge >= 0.3 is 0 Å². The van der Waals surface area contributed by atoms with E-state index >= 15 is 0 Å². The highest BCUT2D eigenvalue weighted by molar-refractivity contribution is 5.28. The summed E-state index contributed by atoms with van der Waals surface area (Å²) in [6.07, 6.45) is 6.54. The minimum absolute atomic E-state index is 0.886. The average Bonchev–Trinajstić information content (AvgIpc) is 2.39. The third-order valence-electron chi connectivity index (χ3n) is 3.06. The summed E-state index contributed by atoms with van der Waals surface area (Å²) in [5.74, 6) is 6.57. The molecule has 0 N–H and O–H groups in total. The Kier molecular flexibility index (Phi) is 8.36. The molecule has 1 aliphatic heterocycles. The number of morpholine rings is 1. The fraction of sp³-hybridized carbons (Fsp3) is 0.750. The number of nitrogens with zero attached hydrogens (tertiary/aromatic N) is 2. The van der Waals surface area contributed by atoms with Gasteiger partial charge in [0.05, 0.1) is 13.2 Å². The Labute approximate surface area is 118 Å². The van der Waals surface area contributed by atoms with E-state index in [1.165, 1.54) is 12.0 Å². The molecule has 0 aromatic rings. The molecule has 0 aliphatic carbocycles. The Morgan fingerprint density at radius 1 is 1.32 bits per heavy atom. The van der Waals surface area contributed by atoms with Gasteiger partial charge in [-0.1, -0.05) is 18.8 Å². The predicted octanol–water partition coefficient (Wildman–Crippen LogP) is 2.35. The smallest absolute Gasteiger partial charge is 0.0594 e. The van der Waals surface area contributed by atoms with Crippen LogP contribution in [-0.2, 0) is 4.74 Å². The van der Waals surface area contributed by atoms with E-state index in [0.29, 0.717) is 0 Å². The lowest BCUT2D eigenvalue weighted by Gasteiger charge is -2.26. The van der Waals surface area contributed by atoms with Gasteiger partial charge in [0.25, 0.3) is 0 Å². The molecule has 0 saturated carbocycles. The third-order valence-corrected chi connectivity index (χ3v) is 3.06. The monoisotopic (exact) mass is 264 g/mol. The SMILES string of the molecule is CCCC#C/C(=C\N(C)C)CCCN1CCOCC1. The van der Waals surface area contributed by atoms with Crippen molar-refractivity contribution >= 4 is 0 Å². The molecular formula is C16H28N2O. The molecule has 3 nitrogen and oxygen atoms in total. The van der Waals surface area contributed by atoms with Gasteiger partial charge in [-0.05, 0) is 25.8 Å². The highest BCUT2D eigenvalue weighted by atomic mass is 16.5. The van der Waals surface area contributed by atoms with Gasteiger partial charge in [-0.2, -0.15) is 0 Å². The van der Waals surface area contributed by atoms with E-state index in [1.54, 1.807) is 0 Å². The normalized spacial score (nSPS) is 16.9. The molecular weight excluding hydrogens is 236 g/mol. The average molecular weight is 264 g/mol. The van der Waals surface area contributed by atoms with Gasteiger partial charge in [-0.25, -0.2) is 0 Å². The quantitative estimate of drug-likeness (QED) is 0.685. The van der Waals surface area contributed by atoms with Crippen LogP contribution in [0.4, 0.5) is 0 Å². The topological polar surface area (TPSA) is 15.7 Å². The molecule has 108 valence electrons. The predicted molar refractivity (Wildman–Crippen MR) is 80.9 cm³/mol. The highest BCUT2D eigenvalue weighted by Gasteiger charge is 2.09. The molecule has 0 aromatic carbocycles. The van der Waals surface area contributed by atoms with Crippen LogP contribution in [0.5, 0.6) is 0 Å². The Bertz CT molecular complexity index is 319. The minimum Gasteiger partial charge on any atom is -0.383 e. The first-order valence-corrected chi connectivity index (χ1v) is 7.38. The number of allylic oxidation sites excluding steroid dienone is 1. The maximum absolute atomic E-state index is 5.36. The molecule has 0 radical (unpaired) electrons. The first-order valence-electron chi connectivity index (χ1n) is 7.38. The number of rotatable bonds is 6. The van der Waals surface area contributed by atoms with Crippen molar-refractivity contribution in [3.8, 4) is 11.8 Å². The first kappa shape index (κ1) is 16.1. The zero-order valence-electron chi connectivity index (χ0n) is 12.7. The van der Waals surface area contributed by atoms with Crippen LogP contribution in [0.1, 0.15) is 32.6 Å². The number of hydrogen-bond donors (Lipinski definition) is 0. The number of ether oxygens (including phenoxy) is 1. The molecule has 0 aromatic heterocycles. The van der Waals surface area contributed by atoms with E-state index in [-0.39, 0.29) is 0 Å². The summed E-state index contributed by atoms with van der Waals surface area (Å²) in [4.78, 5) is 4.57. The zero-order valence-corrected chi connectivity index (χ0v) is 12.7. The molecule has 1 fully saturated rings. The summed E-state index contributed by atoms with van der Waals surface area (Å²) in [5, 5.41) is 0. The van der Waals surface area contributed by atoms with Crippen molar-refractivity contribution in [2.24, 2.45) is 0 Å². The molecule has 1 saturated heterocycles. The van der Waals surface area contributed by atoms with Crippen LogP contribution < -0.4 is 0 Å². The lowest BCUT2D eigenvalue weighted by molar-refractivity contribution is 0.0375. The van der Waals surface area contributed by atoms with Gasteiger partial charge in [-0.15, -0.1) is 0 Å². The van der Waals surface area contributed by atoms with Crippen molar-refractivity contribution in [2.75, 3.05) is 46.9 Å². The van der Waals surface area contributed by atoms with E-state index in [9.17, 15) is 0 Å². The minimum atomic E-state index is 0.886. The molecule has 1 rings (SSSR count). The van der Waals surface area contributed by atoms with Gasteiger partial charge in [0.2, 0.25) is 0 Å². The molecule has 1 heterocycles. The van der Waals surface area contributed by atoms with Crippen LogP contribution in [-0.4, -0.2) is 56.7 Å². The fourth-order valence-corrected chi connectivity index (χ4v) is 2.09.